The van der Waals surface area contributed by atoms with Gasteiger partial charge < -0.3 is 21.4 Å². The molecule has 0 saturated carbocycles. The number of Topliss-reactive ketones (excluding diaryl/α,β-unsaturated/α-hetero) is 1. The summed E-state index contributed by atoms with van der Waals surface area (Å²) in [6.07, 6.45) is 0.759. The molecule has 0 aliphatic carbocycles. The molecule has 30 heavy (non-hydrogen) atoms. The summed E-state index contributed by atoms with van der Waals surface area (Å²) in [7, 11) is 0. The molecule has 2 aromatic carbocycles. The lowest BCUT2D eigenvalue weighted by Gasteiger charge is -2.05. The second-order valence-corrected chi connectivity index (χ2v) is 8.09. The predicted octanol–water partition coefficient (Wildman–Crippen LogP) is 4.32. The summed E-state index contributed by atoms with van der Waals surface area (Å²) in [5.74, 6) is -0.936. The van der Waals surface area contributed by atoms with Crippen LogP contribution in [-0.4, -0.2) is 29.5 Å². The molecule has 0 unspecified atom stereocenters. The molecule has 5 N–H and O–H groups in total. The number of anilines is 2. The average molecular weight is 451 g/mol. The largest absolute Gasteiger partial charge is 0.398 e. The van der Waals surface area contributed by atoms with Crippen molar-refractivity contribution >= 4 is 45.9 Å². The Morgan fingerprint density at radius 2 is 1.90 bits per heavy atom. The fourth-order valence-electron chi connectivity index (χ4n) is 2.53. The second kappa shape index (κ2) is 10.9. The number of carbonyl (C=O) groups excluding carboxylic acids is 2. The van der Waals surface area contributed by atoms with Crippen LogP contribution in [0.25, 0.3) is 11.1 Å². The Labute approximate surface area is 180 Å². The fourth-order valence-corrected chi connectivity index (χ4v) is 4.04. The standard InChI is InChI=1S/C13H12FNO2S.C8H8FNOS/c1-7-2-3-8(10(14)4-7)9-6-18-13(15)12(9)11(17)5-16;9-6-1-2-7(10)8(5-6)12-4-3-11/h2-4,6,16H,5,15H2,1H3;1-3,5H,4,10H2. The molecule has 1 aromatic heterocycles. The minimum atomic E-state index is -0.637. The summed E-state index contributed by atoms with van der Waals surface area (Å²) >= 11 is 2.39. The highest BCUT2D eigenvalue weighted by Gasteiger charge is 2.19. The first-order chi connectivity index (χ1) is 14.3. The minimum Gasteiger partial charge on any atom is -0.398 e. The number of nitrogen functional groups attached to an aromatic ring is 2. The summed E-state index contributed by atoms with van der Waals surface area (Å²) in [6.45, 7) is 1.15. The molecule has 0 bridgehead atoms. The molecule has 9 heteroatoms. The van der Waals surface area contributed by atoms with Crippen molar-refractivity contribution in [1.82, 2.24) is 0 Å². The first-order valence-electron chi connectivity index (χ1n) is 8.67. The first kappa shape index (κ1) is 23.5. The van der Waals surface area contributed by atoms with Gasteiger partial charge in [-0.25, -0.2) is 8.78 Å². The Kier molecular flexibility index (Phi) is 8.52. The number of hydrogen-bond donors (Lipinski definition) is 3. The highest BCUT2D eigenvalue weighted by molar-refractivity contribution is 8.00. The maximum Gasteiger partial charge on any atom is 0.191 e. The number of rotatable bonds is 6. The SMILES string of the molecule is Cc1ccc(-c2csc(N)c2C(=O)CO)c(F)c1.Nc1ccc(F)cc1SCC=O. The monoisotopic (exact) mass is 450 g/mol. The van der Waals surface area contributed by atoms with Gasteiger partial charge in [-0.2, -0.15) is 0 Å². The van der Waals surface area contributed by atoms with Crippen LogP contribution in [0.4, 0.5) is 19.5 Å². The Bertz CT molecular complexity index is 1050. The van der Waals surface area contributed by atoms with Crippen LogP contribution in [0.1, 0.15) is 15.9 Å². The number of aliphatic hydroxyl groups excluding tert-OH is 1. The smallest absolute Gasteiger partial charge is 0.191 e. The number of aldehydes is 1. The maximum atomic E-state index is 13.9. The molecule has 0 aliphatic heterocycles. The van der Waals surface area contributed by atoms with Crippen LogP contribution >= 0.6 is 23.1 Å². The molecule has 0 atom stereocenters. The Morgan fingerprint density at radius 3 is 2.53 bits per heavy atom. The molecule has 3 aromatic rings. The van der Waals surface area contributed by atoms with Crippen LogP contribution in [-0.2, 0) is 4.79 Å². The second-order valence-electron chi connectivity index (χ2n) is 6.11. The molecular formula is C21H20F2N2O3S2. The van der Waals surface area contributed by atoms with Gasteiger partial charge in [0.15, 0.2) is 5.78 Å². The molecular weight excluding hydrogens is 430 g/mol. The summed E-state index contributed by atoms with van der Waals surface area (Å²) < 4.78 is 26.5. The van der Waals surface area contributed by atoms with E-state index in [1.807, 2.05) is 0 Å². The molecule has 0 spiro atoms. The zero-order chi connectivity index (χ0) is 22.3. The van der Waals surface area contributed by atoms with Crippen LogP contribution in [0.5, 0.6) is 0 Å². The van der Waals surface area contributed by atoms with Crippen molar-refractivity contribution in [3.05, 3.63) is 64.5 Å². The van der Waals surface area contributed by atoms with E-state index in [1.165, 1.54) is 36.0 Å². The number of benzene rings is 2. The average Bonchev–Trinajstić information content (AvgIpc) is 3.09. The van der Waals surface area contributed by atoms with Crippen molar-refractivity contribution in [1.29, 1.82) is 0 Å². The molecule has 0 saturated heterocycles. The van der Waals surface area contributed by atoms with Crippen molar-refractivity contribution in [2.75, 3.05) is 23.8 Å². The normalized spacial score (nSPS) is 10.3. The van der Waals surface area contributed by atoms with E-state index in [9.17, 15) is 18.4 Å². The van der Waals surface area contributed by atoms with Crippen molar-refractivity contribution in [3.63, 3.8) is 0 Å². The Hall–Kier alpha value is -2.75. The number of aryl methyl sites for hydroxylation is 1. The van der Waals surface area contributed by atoms with Crippen molar-refractivity contribution in [3.8, 4) is 11.1 Å². The van der Waals surface area contributed by atoms with E-state index < -0.39 is 18.2 Å². The molecule has 0 fully saturated rings. The minimum absolute atomic E-state index is 0.199. The number of nitrogens with two attached hydrogens (primary N) is 2. The molecule has 3 rings (SSSR count). The van der Waals surface area contributed by atoms with Gasteiger partial charge in [0.25, 0.3) is 0 Å². The summed E-state index contributed by atoms with van der Waals surface area (Å²) in [5, 5.41) is 10.8. The molecule has 0 aliphatic rings. The van der Waals surface area contributed by atoms with Gasteiger partial charge >= 0.3 is 0 Å². The summed E-state index contributed by atoms with van der Waals surface area (Å²) in [5.41, 5.74) is 13.5. The number of thioether (sulfide) groups is 1. The topological polar surface area (TPSA) is 106 Å². The maximum absolute atomic E-state index is 13.9. The molecule has 1 heterocycles. The summed E-state index contributed by atoms with van der Waals surface area (Å²) in [4.78, 5) is 22.3. The quantitative estimate of drug-likeness (QED) is 0.224. The van der Waals surface area contributed by atoms with Gasteiger partial charge in [-0.15, -0.1) is 23.1 Å². The van der Waals surface area contributed by atoms with E-state index in [0.29, 0.717) is 32.5 Å². The predicted molar refractivity (Wildman–Crippen MR) is 118 cm³/mol. The lowest BCUT2D eigenvalue weighted by molar-refractivity contribution is -0.105. The third-order valence-electron chi connectivity index (χ3n) is 3.94. The van der Waals surface area contributed by atoms with Crippen molar-refractivity contribution in [2.45, 2.75) is 11.8 Å². The van der Waals surface area contributed by atoms with Gasteiger partial charge in [-0.05, 0) is 36.8 Å². The van der Waals surface area contributed by atoms with E-state index >= 15 is 0 Å². The van der Waals surface area contributed by atoms with Gasteiger partial charge in [0, 0.05) is 27.1 Å². The fraction of sp³-hybridized carbons (Fsp3) is 0.143. The lowest BCUT2D eigenvalue weighted by atomic mass is 10.00. The molecule has 5 nitrogen and oxygen atoms in total. The molecule has 158 valence electrons. The van der Waals surface area contributed by atoms with E-state index in [-0.39, 0.29) is 11.4 Å². The zero-order valence-corrected chi connectivity index (χ0v) is 17.7. The number of thiophene rings is 1. The van der Waals surface area contributed by atoms with Crippen LogP contribution < -0.4 is 11.5 Å². The third-order valence-corrected chi connectivity index (χ3v) is 5.72. The van der Waals surface area contributed by atoms with Gasteiger partial charge in [-0.1, -0.05) is 12.1 Å². The van der Waals surface area contributed by atoms with E-state index in [0.717, 1.165) is 23.2 Å². The highest BCUT2D eigenvalue weighted by atomic mass is 32.2. The first-order valence-corrected chi connectivity index (χ1v) is 10.5. The summed E-state index contributed by atoms with van der Waals surface area (Å²) in [6, 6.07) is 8.88. The number of halogens is 2. The number of hydrogen-bond acceptors (Lipinski definition) is 7. The Morgan fingerprint density at radius 1 is 1.17 bits per heavy atom. The Balaban J connectivity index is 0.000000232. The van der Waals surface area contributed by atoms with Crippen molar-refractivity contribution in [2.24, 2.45) is 0 Å². The molecule has 0 amide bonds. The van der Waals surface area contributed by atoms with Crippen molar-refractivity contribution < 1.29 is 23.5 Å². The van der Waals surface area contributed by atoms with Gasteiger partial charge in [0.05, 0.1) is 16.3 Å². The highest BCUT2D eigenvalue weighted by Crippen LogP contribution is 2.35. The zero-order valence-electron chi connectivity index (χ0n) is 16.0. The van der Waals surface area contributed by atoms with E-state index in [4.69, 9.17) is 16.6 Å². The third kappa shape index (κ3) is 5.88. The van der Waals surface area contributed by atoms with Gasteiger partial charge in [0.1, 0.15) is 24.5 Å². The van der Waals surface area contributed by atoms with Crippen LogP contribution in [0.2, 0.25) is 0 Å². The van der Waals surface area contributed by atoms with E-state index in [2.05, 4.69) is 0 Å². The number of aliphatic hydroxyl groups is 1. The van der Waals surface area contributed by atoms with Gasteiger partial charge in [0.2, 0.25) is 0 Å². The van der Waals surface area contributed by atoms with Crippen LogP contribution in [0.15, 0.2) is 46.7 Å². The van der Waals surface area contributed by atoms with Crippen LogP contribution in [0.3, 0.4) is 0 Å². The number of ketones is 1. The lowest BCUT2D eigenvalue weighted by Crippen LogP contribution is -2.07. The van der Waals surface area contributed by atoms with Crippen LogP contribution in [0, 0.1) is 18.6 Å². The van der Waals surface area contributed by atoms with E-state index in [1.54, 1.807) is 24.4 Å². The number of carbonyl (C=O) groups is 2. The molecule has 0 radical (unpaired) electrons. The van der Waals surface area contributed by atoms with Gasteiger partial charge in [-0.3, -0.25) is 4.79 Å².